The zero-order chi connectivity index (χ0) is 17.7. The Bertz CT molecular complexity index is 701. The number of rotatable bonds is 6. The summed E-state index contributed by atoms with van der Waals surface area (Å²) < 4.78 is 0. The van der Waals surface area contributed by atoms with Crippen molar-refractivity contribution in [2.75, 3.05) is 32.1 Å². The average Bonchev–Trinajstić information content (AvgIpc) is 2.49. The molecule has 1 amide bonds. The number of aryl methyl sites for hydroxylation is 1. The number of anilines is 1. The minimum absolute atomic E-state index is 0.191. The molecule has 0 fully saturated rings. The van der Waals surface area contributed by atoms with Gasteiger partial charge in [0.2, 0.25) is 0 Å². The minimum atomic E-state index is -0.196. The molecule has 0 aliphatic heterocycles. The van der Waals surface area contributed by atoms with E-state index in [0.29, 0.717) is 17.9 Å². The Labute approximate surface area is 152 Å². The maximum Gasteiger partial charge on any atom is 0.259 e. The summed E-state index contributed by atoms with van der Waals surface area (Å²) in [5.41, 5.74) is 1.25. The van der Waals surface area contributed by atoms with Crippen LogP contribution in [0.5, 0.6) is 0 Å². The third kappa shape index (κ3) is 5.16. The second-order valence-corrected chi connectivity index (χ2v) is 6.53. The van der Waals surface area contributed by atoms with Gasteiger partial charge in [-0.25, -0.2) is 9.97 Å². The molecule has 0 spiro atoms. The zero-order valence-electron chi connectivity index (χ0n) is 14.0. The Hall–Kier alpha value is -1.69. The van der Waals surface area contributed by atoms with Gasteiger partial charge in [-0.2, -0.15) is 0 Å². The van der Waals surface area contributed by atoms with Crippen LogP contribution in [-0.4, -0.2) is 48.0 Å². The normalized spacial score (nSPS) is 10.9. The van der Waals surface area contributed by atoms with Crippen LogP contribution in [0.25, 0.3) is 0 Å². The van der Waals surface area contributed by atoms with E-state index in [0.717, 1.165) is 18.7 Å². The molecular weight excluding hydrogens is 347 g/mol. The third-order valence-electron chi connectivity index (χ3n) is 3.39. The summed E-state index contributed by atoms with van der Waals surface area (Å²) in [6.45, 7) is 3.31. The lowest BCUT2D eigenvalue weighted by Crippen LogP contribution is -2.34. The van der Waals surface area contributed by atoms with Crippen LogP contribution in [0.1, 0.15) is 22.5 Å². The molecule has 7 heteroatoms. The molecule has 2 aromatic rings. The number of aromatic nitrogens is 2. The lowest BCUT2D eigenvalue weighted by atomic mass is 10.2. The van der Waals surface area contributed by atoms with Crippen LogP contribution in [0.2, 0.25) is 10.3 Å². The molecule has 0 aliphatic carbocycles. The first-order valence-electron chi connectivity index (χ1n) is 7.60. The molecular formula is C17H20Cl2N4O. The van der Waals surface area contributed by atoms with E-state index in [1.54, 1.807) is 4.90 Å². The van der Waals surface area contributed by atoms with Crippen molar-refractivity contribution >= 4 is 34.9 Å². The van der Waals surface area contributed by atoms with E-state index in [-0.39, 0.29) is 16.2 Å². The van der Waals surface area contributed by atoms with Crippen molar-refractivity contribution in [3.63, 3.8) is 0 Å². The van der Waals surface area contributed by atoms with E-state index in [1.165, 1.54) is 12.1 Å². The van der Waals surface area contributed by atoms with Gasteiger partial charge in [0.1, 0.15) is 16.1 Å². The molecule has 24 heavy (non-hydrogen) atoms. The molecule has 2 heterocycles. The molecule has 0 unspecified atom stereocenters. The van der Waals surface area contributed by atoms with E-state index in [1.807, 2.05) is 39.2 Å². The SMILES string of the molecule is Cc1cccc(N(CCCN(C)C)C(=O)c2cc(Cl)nc(Cl)c2)n1. The van der Waals surface area contributed by atoms with Gasteiger partial charge >= 0.3 is 0 Å². The largest absolute Gasteiger partial charge is 0.309 e. The van der Waals surface area contributed by atoms with Crippen LogP contribution in [-0.2, 0) is 0 Å². The van der Waals surface area contributed by atoms with E-state index in [9.17, 15) is 4.79 Å². The van der Waals surface area contributed by atoms with Crippen LogP contribution >= 0.6 is 23.2 Å². The lowest BCUT2D eigenvalue weighted by molar-refractivity contribution is 0.0985. The average molecular weight is 367 g/mol. The van der Waals surface area contributed by atoms with Crippen LogP contribution in [0.3, 0.4) is 0 Å². The molecule has 0 N–H and O–H groups in total. The highest BCUT2D eigenvalue weighted by Gasteiger charge is 2.20. The van der Waals surface area contributed by atoms with Gasteiger partial charge in [-0.3, -0.25) is 9.69 Å². The molecule has 0 aliphatic rings. The number of carbonyl (C=O) groups excluding carboxylic acids is 1. The second kappa shape index (κ2) is 8.42. The summed E-state index contributed by atoms with van der Waals surface area (Å²) >= 11 is 11.9. The smallest absolute Gasteiger partial charge is 0.259 e. The fourth-order valence-corrected chi connectivity index (χ4v) is 2.75. The first kappa shape index (κ1) is 18.6. The Morgan fingerprint density at radius 1 is 1.08 bits per heavy atom. The number of carbonyl (C=O) groups is 1. The van der Waals surface area contributed by atoms with E-state index in [4.69, 9.17) is 23.2 Å². The summed E-state index contributed by atoms with van der Waals surface area (Å²) in [5, 5.41) is 0.382. The van der Waals surface area contributed by atoms with Crippen LogP contribution in [0.15, 0.2) is 30.3 Å². The first-order valence-corrected chi connectivity index (χ1v) is 8.36. The molecule has 0 bridgehead atoms. The summed E-state index contributed by atoms with van der Waals surface area (Å²) in [6, 6.07) is 8.64. The van der Waals surface area contributed by atoms with Crippen LogP contribution in [0, 0.1) is 6.92 Å². The molecule has 0 saturated carbocycles. The maximum absolute atomic E-state index is 13.0. The Morgan fingerprint density at radius 2 is 1.75 bits per heavy atom. The third-order valence-corrected chi connectivity index (χ3v) is 3.78. The van der Waals surface area contributed by atoms with Crippen molar-refractivity contribution in [2.24, 2.45) is 0 Å². The van der Waals surface area contributed by atoms with Gasteiger partial charge in [-0.05, 0) is 58.3 Å². The summed E-state index contributed by atoms with van der Waals surface area (Å²) in [7, 11) is 4.00. The van der Waals surface area contributed by atoms with Crippen molar-refractivity contribution in [3.05, 3.63) is 51.9 Å². The topological polar surface area (TPSA) is 49.3 Å². The molecule has 128 valence electrons. The highest BCUT2D eigenvalue weighted by Crippen LogP contribution is 2.20. The van der Waals surface area contributed by atoms with Gasteiger partial charge in [-0.15, -0.1) is 0 Å². The van der Waals surface area contributed by atoms with Gasteiger partial charge in [0.05, 0.1) is 0 Å². The van der Waals surface area contributed by atoms with Gasteiger partial charge < -0.3 is 4.90 Å². The second-order valence-electron chi connectivity index (χ2n) is 5.75. The molecule has 2 aromatic heterocycles. The predicted molar refractivity (Wildman–Crippen MR) is 98.1 cm³/mol. The quantitative estimate of drug-likeness (QED) is 0.731. The van der Waals surface area contributed by atoms with Crippen molar-refractivity contribution in [1.82, 2.24) is 14.9 Å². The fraction of sp³-hybridized carbons (Fsp3) is 0.353. The molecule has 0 atom stereocenters. The Kier molecular flexibility index (Phi) is 6.54. The monoisotopic (exact) mass is 366 g/mol. The van der Waals surface area contributed by atoms with Crippen molar-refractivity contribution in [2.45, 2.75) is 13.3 Å². The number of nitrogens with zero attached hydrogens (tertiary/aromatic N) is 4. The van der Waals surface area contributed by atoms with Gasteiger partial charge in [0.15, 0.2) is 0 Å². The van der Waals surface area contributed by atoms with Crippen molar-refractivity contribution < 1.29 is 4.79 Å². The summed E-state index contributed by atoms with van der Waals surface area (Å²) in [6.07, 6.45) is 0.820. The molecule has 0 radical (unpaired) electrons. The predicted octanol–water partition coefficient (Wildman–Crippen LogP) is 3.69. The Balaban J connectivity index is 2.31. The highest BCUT2D eigenvalue weighted by molar-refractivity contribution is 6.33. The number of amides is 1. The van der Waals surface area contributed by atoms with Gasteiger partial charge in [0.25, 0.3) is 5.91 Å². The van der Waals surface area contributed by atoms with E-state index in [2.05, 4.69) is 14.9 Å². The van der Waals surface area contributed by atoms with Crippen LogP contribution < -0.4 is 4.90 Å². The zero-order valence-corrected chi connectivity index (χ0v) is 15.5. The number of halogens is 2. The summed E-state index contributed by atoms with van der Waals surface area (Å²) in [4.78, 5) is 25.0. The molecule has 5 nitrogen and oxygen atoms in total. The van der Waals surface area contributed by atoms with Gasteiger partial charge in [0, 0.05) is 17.8 Å². The van der Waals surface area contributed by atoms with Crippen molar-refractivity contribution in [1.29, 1.82) is 0 Å². The van der Waals surface area contributed by atoms with E-state index >= 15 is 0 Å². The number of hydrogen-bond acceptors (Lipinski definition) is 4. The van der Waals surface area contributed by atoms with Crippen molar-refractivity contribution in [3.8, 4) is 0 Å². The standard InChI is InChI=1S/C17H20Cl2N4O/c1-12-6-4-7-16(20-12)23(9-5-8-22(2)3)17(24)13-10-14(18)21-15(19)11-13/h4,6-7,10-11H,5,8-9H2,1-3H3. The van der Waals surface area contributed by atoms with Gasteiger partial charge in [-0.1, -0.05) is 29.3 Å². The first-order chi connectivity index (χ1) is 11.4. The lowest BCUT2D eigenvalue weighted by Gasteiger charge is -2.23. The number of hydrogen-bond donors (Lipinski definition) is 0. The molecule has 0 saturated heterocycles. The fourth-order valence-electron chi connectivity index (χ4n) is 2.29. The highest BCUT2D eigenvalue weighted by atomic mass is 35.5. The summed E-state index contributed by atoms with van der Waals surface area (Å²) in [5.74, 6) is 0.417. The Morgan fingerprint density at radius 3 is 2.33 bits per heavy atom. The number of pyridine rings is 2. The molecule has 2 rings (SSSR count). The molecule has 0 aromatic carbocycles. The minimum Gasteiger partial charge on any atom is -0.309 e. The van der Waals surface area contributed by atoms with Crippen LogP contribution in [0.4, 0.5) is 5.82 Å². The van der Waals surface area contributed by atoms with E-state index < -0.39 is 0 Å². The maximum atomic E-state index is 13.0.